The molecule has 0 amide bonds. The fourth-order valence-corrected chi connectivity index (χ4v) is 3.07. The zero-order chi connectivity index (χ0) is 21.6. The highest BCUT2D eigenvalue weighted by molar-refractivity contribution is 6.00. The Hall–Kier alpha value is -3.27. The SMILES string of the molecule is CC(=NOCC(C)(C)CON=C1CCCc2ccc(C)nc21)c1cc(C#N)ccn1. The summed E-state index contributed by atoms with van der Waals surface area (Å²) in [6.45, 7) is 8.61. The van der Waals surface area contributed by atoms with Gasteiger partial charge in [-0.25, -0.2) is 0 Å². The lowest BCUT2D eigenvalue weighted by Crippen LogP contribution is -2.24. The molecule has 2 heterocycles. The van der Waals surface area contributed by atoms with Gasteiger partial charge in [-0.1, -0.05) is 30.2 Å². The highest BCUT2D eigenvalue weighted by Gasteiger charge is 2.22. The van der Waals surface area contributed by atoms with E-state index in [0.717, 1.165) is 36.4 Å². The molecule has 2 aromatic rings. The van der Waals surface area contributed by atoms with Gasteiger partial charge in [-0.15, -0.1) is 0 Å². The quantitative estimate of drug-likeness (QED) is 0.509. The first-order valence-corrected chi connectivity index (χ1v) is 10.1. The van der Waals surface area contributed by atoms with Crippen molar-refractivity contribution in [1.29, 1.82) is 5.26 Å². The van der Waals surface area contributed by atoms with E-state index in [1.54, 1.807) is 25.3 Å². The number of nitriles is 1. The van der Waals surface area contributed by atoms with Gasteiger partial charge in [0.25, 0.3) is 0 Å². The second-order valence-electron chi connectivity index (χ2n) is 8.28. The number of aryl methyl sites for hydroxylation is 2. The molecular weight excluding hydrogens is 378 g/mol. The van der Waals surface area contributed by atoms with Crippen molar-refractivity contribution in [3.8, 4) is 6.07 Å². The van der Waals surface area contributed by atoms with Gasteiger partial charge < -0.3 is 9.68 Å². The van der Waals surface area contributed by atoms with Gasteiger partial charge in [-0.3, -0.25) is 9.97 Å². The number of hydrogen-bond acceptors (Lipinski definition) is 7. The number of fused-ring (bicyclic) bond motifs is 1. The fourth-order valence-electron chi connectivity index (χ4n) is 3.07. The van der Waals surface area contributed by atoms with E-state index in [2.05, 4.69) is 32.4 Å². The maximum absolute atomic E-state index is 8.99. The van der Waals surface area contributed by atoms with Crippen LogP contribution in [0.5, 0.6) is 0 Å². The highest BCUT2D eigenvalue weighted by Crippen LogP contribution is 2.22. The van der Waals surface area contributed by atoms with Crippen LogP contribution in [0.3, 0.4) is 0 Å². The van der Waals surface area contributed by atoms with Crippen LogP contribution in [0, 0.1) is 23.7 Å². The molecule has 0 spiro atoms. The molecule has 7 nitrogen and oxygen atoms in total. The van der Waals surface area contributed by atoms with Gasteiger partial charge in [0.2, 0.25) is 0 Å². The molecule has 30 heavy (non-hydrogen) atoms. The number of hydrogen-bond donors (Lipinski definition) is 0. The molecule has 0 atom stereocenters. The van der Waals surface area contributed by atoms with Crippen molar-refractivity contribution in [2.24, 2.45) is 15.7 Å². The van der Waals surface area contributed by atoms with Crippen LogP contribution in [0.2, 0.25) is 0 Å². The maximum Gasteiger partial charge on any atom is 0.125 e. The second-order valence-corrected chi connectivity index (χ2v) is 8.28. The monoisotopic (exact) mass is 405 g/mol. The largest absolute Gasteiger partial charge is 0.395 e. The first-order chi connectivity index (χ1) is 14.4. The summed E-state index contributed by atoms with van der Waals surface area (Å²) in [6.07, 6.45) is 4.55. The van der Waals surface area contributed by atoms with E-state index < -0.39 is 0 Å². The van der Waals surface area contributed by atoms with Gasteiger partial charge in [-0.05, 0) is 56.9 Å². The summed E-state index contributed by atoms with van der Waals surface area (Å²) in [5.41, 5.74) is 5.58. The minimum atomic E-state index is -0.284. The lowest BCUT2D eigenvalue weighted by Gasteiger charge is -2.22. The molecule has 0 saturated carbocycles. The molecule has 0 aromatic carbocycles. The van der Waals surface area contributed by atoms with E-state index in [0.29, 0.717) is 30.2 Å². The Balaban J connectivity index is 1.55. The Labute approximate surface area is 177 Å². The topological polar surface area (TPSA) is 92.8 Å². The number of pyridine rings is 2. The molecule has 2 aromatic heterocycles. The number of aromatic nitrogens is 2. The summed E-state index contributed by atoms with van der Waals surface area (Å²) in [5.74, 6) is 0. The third-order valence-electron chi connectivity index (χ3n) is 4.80. The zero-order valence-corrected chi connectivity index (χ0v) is 18.0. The molecule has 0 fully saturated rings. The normalized spacial score (nSPS) is 15.4. The Morgan fingerprint density at radius 2 is 2.00 bits per heavy atom. The Morgan fingerprint density at radius 3 is 2.80 bits per heavy atom. The van der Waals surface area contributed by atoms with E-state index in [-0.39, 0.29) is 5.41 Å². The van der Waals surface area contributed by atoms with Crippen LogP contribution in [0.1, 0.15) is 61.8 Å². The van der Waals surface area contributed by atoms with Crippen molar-refractivity contribution < 1.29 is 9.68 Å². The van der Waals surface area contributed by atoms with Gasteiger partial charge in [0.1, 0.15) is 24.6 Å². The summed E-state index contributed by atoms with van der Waals surface area (Å²) >= 11 is 0. The van der Waals surface area contributed by atoms with Crippen molar-refractivity contribution in [2.45, 2.75) is 47.0 Å². The lowest BCUT2D eigenvalue weighted by molar-refractivity contribution is -0.000158. The Kier molecular flexibility index (Phi) is 6.78. The second kappa shape index (κ2) is 9.49. The summed E-state index contributed by atoms with van der Waals surface area (Å²) in [7, 11) is 0. The predicted molar refractivity (Wildman–Crippen MR) is 115 cm³/mol. The van der Waals surface area contributed by atoms with Gasteiger partial charge in [0.05, 0.1) is 23.0 Å². The summed E-state index contributed by atoms with van der Waals surface area (Å²) in [6, 6.07) is 9.60. The standard InChI is InChI=1S/C23H27N5O2/c1-16-8-9-19-6-5-7-20(22(19)26-16)28-30-15-23(3,4)14-29-27-17(2)21-12-18(13-24)10-11-25-21/h8-12H,5-7,14-15H2,1-4H3. The molecule has 1 aliphatic carbocycles. The minimum absolute atomic E-state index is 0.284. The number of rotatable bonds is 7. The Morgan fingerprint density at radius 1 is 1.20 bits per heavy atom. The average Bonchev–Trinajstić information content (AvgIpc) is 2.73. The van der Waals surface area contributed by atoms with Crippen molar-refractivity contribution in [1.82, 2.24) is 9.97 Å². The maximum atomic E-state index is 8.99. The summed E-state index contributed by atoms with van der Waals surface area (Å²) in [4.78, 5) is 20.1. The predicted octanol–water partition coefficient (Wildman–Crippen LogP) is 4.18. The van der Waals surface area contributed by atoms with Gasteiger partial charge >= 0.3 is 0 Å². The zero-order valence-electron chi connectivity index (χ0n) is 18.0. The average molecular weight is 406 g/mol. The van der Waals surface area contributed by atoms with E-state index in [9.17, 15) is 0 Å². The smallest absolute Gasteiger partial charge is 0.125 e. The van der Waals surface area contributed by atoms with Gasteiger partial charge in [0, 0.05) is 17.3 Å². The van der Waals surface area contributed by atoms with Crippen LogP contribution in [0.15, 0.2) is 40.8 Å². The van der Waals surface area contributed by atoms with Crippen LogP contribution < -0.4 is 0 Å². The minimum Gasteiger partial charge on any atom is -0.395 e. The molecule has 0 bridgehead atoms. The summed E-state index contributed by atoms with van der Waals surface area (Å²) in [5, 5.41) is 17.5. The van der Waals surface area contributed by atoms with E-state index in [1.165, 1.54) is 5.56 Å². The summed E-state index contributed by atoms with van der Waals surface area (Å²) < 4.78 is 0. The van der Waals surface area contributed by atoms with Crippen LogP contribution in [0.4, 0.5) is 0 Å². The van der Waals surface area contributed by atoms with Crippen molar-refractivity contribution >= 4 is 11.4 Å². The molecule has 0 aliphatic heterocycles. The third kappa shape index (κ3) is 5.63. The van der Waals surface area contributed by atoms with Crippen LogP contribution in [-0.2, 0) is 16.1 Å². The lowest BCUT2D eigenvalue weighted by atomic mass is 9.94. The van der Waals surface area contributed by atoms with Crippen molar-refractivity contribution in [2.75, 3.05) is 13.2 Å². The van der Waals surface area contributed by atoms with Crippen LogP contribution in [-0.4, -0.2) is 34.6 Å². The van der Waals surface area contributed by atoms with Gasteiger partial charge in [0.15, 0.2) is 0 Å². The van der Waals surface area contributed by atoms with Crippen LogP contribution >= 0.6 is 0 Å². The molecule has 156 valence electrons. The molecule has 0 N–H and O–H groups in total. The van der Waals surface area contributed by atoms with Crippen LogP contribution in [0.25, 0.3) is 0 Å². The first-order valence-electron chi connectivity index (χ1n) is 10.1. The molecule has 3 rings (SSSR count). The fraction of sp³-hybridized carbons (Fsp3) is 0.435. The molecule has 0 unspecified atom stereocenters. The molecule has 1 aliphatic rings. The molecular formula is C23H27N5O2. The molecule has 7 heteroatoms. The van der Waals surface area contributed by atoms with Crippen molar-refractivity contribution in [3.63, 3.8) is 0 Å². The molecule has 0 radical (unpaired) electrons. The van der Waals surface area contributed by atoms with Crippen molar-refractivity contribution in [3.05, 3.63) is 58.7 Å². The van der Waals surface area contributed by atoms with E-state index in [4.69, 9.17) is 14.9 Å². The highest BCUT2D eigenvalue weighted by atomic mass is 16.6. The van der Waals surface area contributed by atoms with E-state index in [1.807, 2.05) is 26.8 Å². The Bertz CT molecular complexity index is 1000. The molecule has 0 saturated heterocycles. The number of oxime groups is 2. The number of nitrogens with zero attached hydrogens (tertiary/aromatic N) is 5. The van der Waals surface area contributed by atoms with E-state index >= 15 is 0 Å². The third-order valence-corrected chi connectivity index (χ3v) is 4.80. The first kappa shape index (κ1) is 21.4. The van der Waals surface area contributed by atoms with Gasteiger partial charge in [-0.2, -0.15) is 5.26 Å².